The van der Waals surface area contributed by atoms with Crippen LogP contribution in [0.1, 0.15) is 24.2 Å². The van der Waals surface area contributed by atoms with Crippen LogP contribution in [0.3, 0.4) is 0 Å². The van der Waals surface area contributed by atoms with Gasteiger partial charge in [0.15, 0.2) is 0 Å². The Morgan fingerprint density at radius 3 is 2.71 bits per heavy atom. The second-order valence-electron chi connectivity index (χ2n) is 4.68. The number of methoxy groups -OCH3 is 1. The Morgan fingerprint density at radius 2 is 2.24 bits per heavy atom. The zero-order valence-electron chi connectivity index (χ0n) is 12.6. The molecule has 0 aliphatic carbocycles. The Kier molecular flexibility index (Phi) is 6.04. The van der Waals surface area contributed by atoms with Crippen LogP contribution in [0.2, 0.25) is 0 Å². The van der Waals surface area contributed by atoms with Crippen LogP contribution in [0, 0.1) is 10.1 Å². The third kappa shape index (κ3) is 4.12. The lowest BCUT2D eigenvalue weighted by Gasteiger charge is -2.26. The molecule has 1 amide bonds. The number of aromatic nitrogens is 1. The van der Waals surface area contributed by atoms with E-state index in [1.165, 1.54) is 18.1 Å². The molecule has 21 heavy (non-hydrogen) atoms. The quantitative estimate of drug-likeness (QED) is 0.605. The first-order valence-corrected chi connectivity index (χ1v) is 6.54. The Bertz CT molecular complexity index is 519. The SMILES string of the molecule is CNc1cc(C(=O)N(CCOC)C(C)C)c([N+](=O)[O-])cn1. The van der Waals surface area contributed by atoms with Gasteiger partial charge in [-0.3, -0.25) is 14.9 Å². The van der Waals surface area contributed by atoms with E-state index in [-0.39, 0.29) is 17.3 Å². The number of nitrogens with one attached hydrogen (secondary N) is 1. The minimum absolute atomic E-state index is 0.0177. The molecule has 0 saturated heterocycles. The molecule has 1 aromatic rings. The summed E-state index contributed by atoms with van der Waals surface area (Å²) in [6.07, 6.45) is 1.09. The fourth-order valence-electron chi connectivity index (χ4n) is 1.84. The van der Waals surface area contributed by atoms with Crippen molar-refractivity contribution in [2.45, 2.75) is 19.9 Å². The van der Waals surface area contributed by atoms with Crippen LogP contribution in [0.25, 0.3) is 0 Å². The number of pyridine rings is 1. The molecule has 1 rings (SSSR count). The first-order valence-electron chi connectivity index (χ1n) is 6.54. The standard InChI is InChI=1S/C13H20N4O4/c1-9(2)16(5-6-21-4)13(18)10-7-12(14-3)15-8-11(10)17(19)20/h7-9H,5-6H2,1-4H3,(H,14,15). The van der Waals surface area contributed by atoms with Crippen molar-refractivity contribution in [1.82, 2.24) is 9.88 Å². The van der Waals surface area contributed by atoms with Gasteiger partial charge in [0.25, 0.3) is 11.6 Å². The smallest absolute Gasteiger partial charge is 0.300 e. The van der Waals surface area contributed by atoms with Gasteiger partial charge in [0.05, 0.1) is 11.5 Å². The van der Waals surface area contributed by atoms with Crippen molar-refractivity contribution in [3.05, 3.63) is 27.9 Å². The Hall–Kier alpha value is -2.22. The molecule has 8 heteroatoms. The van der Waals surface area contributed by atoms with E-state index in [0.717, 1.165) is 6.20 Å². The van der Waals surface area contributed by atoms with Gasteiger partial charge in [-0.2, -0.15) is 0 Å². The van der Waals surface area contributed by atoms with Gasteiger partial charge in [0, 0.05) is 32.8 Å². The van der Waals surface area contributed by atoms with Crippen LogP contribution in [0.15, 0.2) is 12.3 Å². The monoisotopic (exact) mass is 296 g/mol. The largest absolute Gasteiger partial charge is 0.383 e. The van der Waals surface area contributed by atoms with Gasteiger partial charge in [-0.1, -0.05) is 0 Å². The molecule has 8 nitrogen and oxygen atoms in total. The van der Waals surface area contributed by atoms with Crippen molar-refractivity contribution in [1.29, 1.82) is 0 Å². The highest BCUT2D eigenvalue weighted by Crippen LogP contribution is 2.22. The summed E-state index contributed by atoms with van der Waals surface area (Å²) >= 11 is 0. The summed E-state index contributed by atoms with van der Waals surface area (Å²) in [4.78, 5) is 28.5. The summed E-state index contributed by atoms with van der Waals surface area (Å²) in [7, 11) is 3.17. The van der Waals surface area contributed by atoms with E-state index >= 15 is 0 Å². The van der Waals surface area contributed by atoms with Gasteiger partial charge >= 0.3 is 0 Å². The van der Waals surface area contributed by atoms with Gasteiger partial charge in [-0.25, -0.2) is 4.98 Å². The lowest BCUT2D eigenvalue weighted by molar-refractivity contribution is -0.385. The first kappa shape index (κ1) is 16.8. The molecule has 0 aromatic carbocycles. The minimum atomic E-state index is -0.603. The minimum Gasteiger partial charge on any atom is -0.383 e. The predicted octanol–water partition coefficient (Wildman–Crippen LogP) is 1.53. The van der Waals surface area contributed by atoms with E-state index < -0.39 is 10.8 Å². The Balaban J connectivity index is 3.21. The van der Waals surface area contributed by atoms with Gasteiger partial charge in [-0.05, 0) is 13.8 Å². The molecule has 0 atom stereocenters. The number of carbonyl (C=O) groups excluding carboxylic acids is 1. The van der Waals surface area contributed by atoms with Gasteiger partial charge < -0.3 is 15.0 Å². The maximum absolute atomic E-state index is 12.6. The molecular formula is C13H20N4O4. The Labute approximate surface area is 123 Å². The van der Waals surface area contributed by atoms with Crippen molar-refractivity contribution in [3.63, 3.8) is 0 Å². The number of ether oxygens (including phenoxy) is 1. The lowest BCUT2D eigenvalue weighted by atomic mass is 10.1. The highest BCUT2D eigenvalue weighted by molar-refractivity contribution is 5.98. The number of amides is 1. The molecule has 0 bridgehead atoms. The highest BCUT2D eigenvalue weighted by Gasteiger charge is 2.27. The highest BCUT2D eigenvalue weighted by atomic mass is 16.6. The molecule has 0 unspecified atom stereocenters. The molecule has 1 aromatic heterocycles. The molecule has 1 heterocycles. The third-order valence-electron chi connectivity index (χ3n) is 2.99. The molecule has 0 aliphatic rings. The number of carbonyl (C=O) groups is 1. The average molecular weight is 296 g/mol. The molecule has 0 aliphatic heterocycles. The van der Waals surface area contributed by atoms with Crippen LogP contribution >= 0.6 is 0 Å². The summed E-state index contributed by atoms with van der Waals surface area (Å²) in [5.74, 6) is -0.00736. The van der Waals surface area contributed by atoms with E-state index in [1.807, 2.05) is 13.8 Å². The maximum atomic E-state index is 12.6. The summed E-state index contributed by atoms with van der Waals surface area (Å²) in [5.41, 5.74) is -0.286. The summed E-state index contributed by atoms with van der Waals surface area (Å²) in [6.45, 7) is 4.42. The van der Waals surface area contributed by atoms with Gasteiger partial charge in [0.2, 0.25) is 0 Å². The zero-order chi connectivity index (χ0) is 16.0. The number of rotatable bonds is 7. The van der Waals surface area contributed by atoms with Gasteiger partial charge in [0.1, 0.15) is 17.6 Å². The van der Waals surface area contributed by atoms with Crippen molar-refractivity contribution in [2.75, 3.05) is 32.6 Å². The zero-order valence-corrected chi connectivity index (χ0v) is 12.6. The molecule has 0 spiro atoms. The fourth-order valence-corrected chi connectivity index (χ4v) is 1.84. The summed E-state index contributed by atoms with van der Waals surface area (Å²) < 4.78 is 4.98. The molecule has 0 fully saturated rings. The Morgan fingerprint density at radius 1 is 1.57 bits per heavy atom. The second kappa shape index (κ2) is 7.53. The van der Waals surface area contributed by atoms with Crippen molar-refractivity contribution in [2.24, 2.45) is 0 Å². The number of nitro groups is 1. The molecule has 0 radical (unpaired) electrons. The summed E-state index contributed by atoms with van der Waals surface area (Å²) in [6, 6.07) is 1.29. The van der Waals surface area contributed by atoms with E-state index in [1.54, 1.807) is 7.05 Å². The molecule has 0 saturated carbocycles. The van der Waals surface area contributed by atoms with Crippen LogP contribution in [0.5, 0.6) is 0 Å². The van der Waals surface area contributed by atoms with E-state index in [2.05, 4.69) is 10.3 Å². The first-order chi connectivity index (χ1) is 9.92. The summed E-state index contributed by atoms with van der Waals surface area (Å²) in [5, 5.41) is 13.9. The van der Waals surface area contributed by atoms with Crippen molar-refractivity contribution >= 4 is 17.4 Å². The average Bonchev–Trinajstić information content (AvgIpc) is 2.46. The normalized spacial score (nSPS) is 10.5. The lowest BCUT2D eigenvalue weighted by Crippen LogP contribution is -2.39. The molecule has 1 N–H and O–H groups in total. The molecular weight excluding hydrogens is 276 g/mol. The van der Waals surface area contributed by atoms with E-state index in [4.69, 9.17) is 4.74 Å². The number of hydrogen-bond acceptors (Lipinski definition) is 6. The van der Waals surface area contributed by atoms with Crippen molar-refractivity contribution < 1.29 is 14.5 Å². The third-order valence-corrected chi connectivity index (χ3v) is 2.99. The number of anilines is 1. The second-order valence-corrected chi connectivity index (χ2v) is 4.68. The van der Waals surface area contributed by atoms with Crippen LogP contribution in [-0.2, 0) is 4.74 Å². The topological polar surface area (TPSA) is 97.6 Å². The predicted molar refractivity (Wildman–Crippen MR) is 78.5 cm³/mol. The van der Waals surface area contributed by atoms with E-state index in [0.29, 0.717) is 19.0 Å². The van der Waals surface area contributed by atoms with Crippen LogP contribution in [0.4, 0.5) is 11.5 Å². The van der Waals surface area contributed by atoms with E-state index in [9.17, 15) is 14.9 Å². The number of nitrogens with zero attached hydrogens (tertiary/aromatic N) is 3. The van der Waals surface area contributed by atoms with Crippen LogP contribution in [-0.4, -0.2) is 54.1 Å². The molecule has 116 valence electrons. The van der Waals surface area contributed by atoms with Gasteiger partial charge in [-0.15, -0.1) is 0 Å². The van der Waals surface area contributed by atoms with Crippen molar-refractivity contribution in [3.8, 4) is 0 Å². The number of hydrogen-bond donors (Lipinski definition) is 1. The van der Waals surface area contributed by atoms with Crippen LogP contribution < -0.4 is 5.32 Å². The fraction of sp³-hybridized carbons (Fsp3) is 0.538. The maximum Gasteiger partial charge on any atom is 0.300 e.